The Morgan fingerprint density at radius 3 is 2.95 bits per heavy atom. The van der Waals surface area contributed by atoms with Gasteiger partial charge < -0.3 is 9.67 Å². The standard InChI is InChI=1S/C14H17FN2OS/c1-2-8-17-9-7-16-14(17)12(18)10-19-13-6-4-3-5-11(13)15/h3-7,9,12,18H,2,8,10H2,1H3. The summed E-state index contributed by atoms with van der Waals surface area (Å²) in [6, 6.07) is 6.58. The number of aliphatic hydroxyl groups is 1. The lowest BCUT2D eigenvalue weighted by Gasteiger charge is -2.12. The molecule has 1 aromatic carbocycles. The molecule has 1 atom stereocenters. The second-order valence-electron chi connectivity index (χ2n) is 4.24. The molecule has 1 unspecified atom stereocenters. The van der Waals surface area contributed by atoms with Gasteiger partial charge in [-0.3, -0.25) is 0 Å². The minimum atomic E-state index is -0.689. The van der Waals surface area contributed by atoms with Gasteiger partial charge in [0.15, 0.2) is 0 Å². The predicted molar refractivity (Wildman–Crippen MR) is 74.6 cm³/mol. The average molecular weight is 280 g/mol. The van der Waals surface area contributed by atoms with Crippen LogP contribution in [0.5, 0.6) is 0 Å². The number of hydrogen-bond acceptors (Lipinski definition) is 3. The fourth-order valence-electron chi connectivity index (χ4n) is 1.85. The van der Waals surface area contributed by atoms with E-state index in [-0.39, 0.29) is 5.82 Å². The zero-order valence-corrected chi connectivity index (χ0v) is 11.6. The van der Waals surface area contributed by atoms with Crippen molar-refractivity contribution in [3.63, 3.8) is 0 Å². The van der Waals surface area contributed by atoms with Crippen molar-refractivity contribution in [3.05, 3.63) is 48.3 Å². The summed E-state index contributed by atoms with van der Waals surface area (Å²) in [4.78, 5) is 4.73. The first-order valence-corrected chi connectivity index (χ1v) is 7.27. The molecule has 3 nitrogen and oxygen atoms in total. The molecule has 2 rings (SSSR count). The molecule has 1 N–H and O–H groups in total. The highest BCUT2D eigenvalue weighted by molar-refractivity contribution is 7.99. The van der Waals surface area contributed by atoms with Gasteiger partial charge in [0, 0.05) is 29.6 Å². The normalized spacial score (nSPS) is 12.6. The summed E-state index contributed by atoms with van der Waals surface area (Å²) >= 11 is 1.30. The molecule has 1 aromatic heterocycles. The van der Waals surface area contributed by atoms with Crippen LogP contribution >= 0.6 is 11.8 Å². The lowest BCUT2D eigenvalue weighted by Crippen LogP contribution is -2.10. The van der Waals surface area contributed by atoms with E-state index >= 15 is 0 Å². The van der Waals surface area contributed by atoms with Gasteiger partial charge in [-0.15, -0.1) is 11.8 Å². The van der Waals surface area contributed by atoms with E-state index in [0.29, 0.717) is 16.5 Å². The summed E-state index contributed by atoms with van der Waals surface area (Å²) in [7, 11) is 0. The first-order chi connectivity index (χ1) is 9.22. The molecule has 2 aromatic rings. The summed E-state index contributed by atoms with van der Waals surface area (Å²) in [5, 5.41) is 10.1. The maximum atomic E-state index is 13.5. The van der Waals surface area contributed by atoms with E-state index in [4.69, 9.17) is 0 Å². The van der Waals surface area contributed by atoms with E-state index in [0.717, 1.165) is 13.0 Å². The summed E-state index contributed by atoms with van der Waals surface area (Å²) in [5.74, 6) is 0.782. The minimum Gasteiger partial charge on any atom is -0.384 e. The average Bonchev–Trinajstić information content (AvgIpc) is 2.86. The van der Waals surface area contributed by atoms with Crippen LogP contribution in [0.3, 0.4) is 0 Å². The second-order valence-corrected chi connectivity index (χ2v) is 5.30. The molecule has 0 saturated heterocycles. The summed E-state index contributed by atoms with van der Waals surface area (Å²) in [5.41, 5.74) is 0. The maximum Gasteiger partial charge on any atom is 0.138 e. The Morgan fingerprint density at radius 1 is 1.42 bits per heavy atom. The van der Waals surface area contributed by atoms with E-state index in [2.05, 4.69) is 11.9 Å². The first kappa shape index (κ1) is 14.1. The van der Waals surface area contributed by atoms with Crippen LogP contribution in [0.25, 0.3) is 0 Å². The lowest BCUT2D eigenvalue weighted by atomic mass is 10.3. The fraction of sp³-hybridized carbons (Fsp3) is 0.357. The Balaban J connectivity index is 1.99. The molecule has 1 heterocycles. The number of aryl methyl sites for hydroxylation is 1. The van der Waals surface area contributed by atoms with Gasteiger partial charge >= 0.3 is 0 Å². The van der Waals surface area contributed by atoms with Crippen LogP contribution in [0.15, 0.2) is 41.6 Å². The monoisotopic (exact) mass is 280 g/mol. The van der Waals surface area contributed by atoms with Gasteiger partial charge in [0.1, 0.15) is 17.7 Å². The van der Waals surface area contributed by atoms with Gasteiger partial charge in [-0.2, -0.15) is 0 Å². The number of rotatable bonds is 6. The number of halogens is 1. The maximum absolute atomic E-state index is 13.5. The Kier molecular flexibility index (Phi) is 4.99. The highest BCUT2D eigenvalue weighted by Gasteiger charge is 2.14. The summed E-state index contributed by atoms with van der Waals surface area (Å²) in [6.07, 6.45) is 3.83. The van der Waals surface area contributed by atoms with Gasteiger partial charge in [0.2, 0.25) is 0 Å². The molecule has 0 aliphatic rings. The largest absolute Gasteiger partial charge is 0.384 e. The van der Waals surface area contributed by atoms with Gasteiger partial charge in [-0.25, -0.2) is 9.37 Å². The number of hydrogen-bond donors (Lipinski definition) is 1. The molecule has 0 fully saturated rings. The molecule has 0 amide bonds. The molecule has 102 valence electrons. The third-order valence-electron chi connectivity index (χ3n) is 2.74. The zero-order valence-electron chi connectivity index (χ0n) is 10.8. The molecule has 5 heteroatoms. The first-order valence-electron chi connectivity index (χ1n) is 6.28. The van der Waals surface area contributed by atoms with Crippen molar-refractivity contribution in [1.82, 2.24) is 9.55 Å². The number of thioether (sulfide) groups is 1. The highest BCUT2D eigenvalue weighted by atomic mass is 32.2. The third kappa shape index (κ3) is 3.58. The number of benzene rings is 1. The predicted octanol–water partition coefficient (Wildman–Crippen LogP) is 3.26. The molecule has 0 bridgehead atoms. The summed E-state index contributed by atoms with van der Waals surface area (Å²) < 4.78 is 15.4. The van der Waals surface area contributed by atoms with Crippen LogP contribution in [-0.2, 0) is 6.54 Å². The second kappa shape index (κ2) is 6.73. The fourth-order valence-corrected chi connectivity index (χ4v) is 2.72. The molecule has 19 heavy (non-hydrogen) atoms. The Labute approximate surface area is 116 Å². The van der Waals surface area contributed by atoms with Gasteiger partial charge in [-0.05, 0) is 18.6 Å². The third-order valence-corrected chi connectivity index (χ3v) is 3.87. The van der Waals surface area contributed by atoms with E-state index in [1.165, 1.54) is 17.8 Å². The van der Waals surface area contributed by atoms with Crippen molar-refractivity contribution in [1.29, 1.82) is 0 Å². The van der Waals surface area contributed by atoms with Crippen LogP contribution in [0.1, 0.15) is 25.3 Å². The molecule has 0 radical (unpaired) electrons. The van der Waals surface area contributed by atoms with Crippen molar-refractivity contribution in [2.24, 2.45) is 0 Å². The molecule has 0 aliphatic heterocycles. The number of aromatic nitrogens is 2. The van der Waals surface area contributed by atoms with Crippen LogP contribution in [0.4, 0.5) is 4.39 Å². The molecule has 0 saturated carbocycles. The Bertz CT molecular complexity index is 530. The Hall–Kier alpha value is -1.33. The number of imidazole rings is 1. The van der Waals surface area contributed by atoms with Crippen LogP contribution in [0, 0.1) is 5.82 Å². The SMILES string of the molecule is CCCn1ccnc1C(O)CSc1ccccc1F. The lowest BCUT2D eigenvalue weighted by molar-refractivity contribution is 0.188. The van der Waals surface area contributed by atoms with E-state index in [1.54, 1.807) is 24.4 Å². The van der Waals surface area contributed by atoms with Crippen molar-refractivity contribution in [2.75, 3.05) is 5.75 Å². The van der Waals surface area contributed by atoms with Crippen LogP contribution in [0.2, 0.25) is 0 Å². The van der Waals surface area contributed by atoms with Crippen molar-refractivity contribution in [3.8, 4) is 0 Å². The smallest absolute Gasteiger partial charge is 0.138 e. The molecular formula is C14H17FN2OS. The molecule has 0 aliphatic carbocycles. The van der Waals surface area contributed by atoms with Crippen LogP contribution < -0.4 is 0 Å². The van der Waals surface area contributed by atoms with E-state index in [1.807, 2.05) is 10.8 Å². The summed E-state index contributed by atoms with van der Waals surface area (Å²) in [6.45, 7) is 2.90. The van der Waals surface area contributed by atoms with Crippen molar-refractivity contribution < 1.29 is 9.50 Å². The van der Waals surface area contributed by atoms with Gasteiger partial charge in [-0.1, -0.05) is 19.1 Å². The minimum absolute atomic E-state index is 0.253. The molecule has 0 spiro atoms. The topological polar surface area (TPSA) is 38.0 Å². The number of nitrogens with zero attached hydrogens (tertiary/aromatic N) is 2. The van der Waals surface area contributed by atoms with E-state index < -0.39 is 6.10 Å². The van der Waals surface area contributed by atoms with Crippen molar-refractivity contribution in [2.45, 2.75) is 30.9 Å². The zero-order chi connectivity index (χ0) is 13.7. The van der Waals surface area contributed by atoms with Crippen molar-refractivity contribution >= 4 is 11.8 Å². The quantitative estimate of drug-likeness (QED) is 0.825. The van der Waals surface area contributed by atoms with Gasteiger partial charge in [0.05, 0.1) is 0 Å². The molecular weight excluding hydrogens is 263 g/mol. The van der Waals surface area contributed by atoms with E-state index in [9.17, 15) is 9.50 Å². The Morgan fingerprint density at radius 2 is 2.21 bits per heavy atom. The van der Waals surface area contributed by atoms with Gasteiger partial charge in [0.25, 0.3) is 0 Å². The number of aliphatic hydroxyl groups excluding tert-OH is 1. The van der Waals surface area contributed by atoms with Crippen LogP contribution in [-0.4, -0.2) is 20.4 Å². The highest BCUT2D eigenvalue weighted by Crippen LogP contribution is 2.26.